The molecule has 158 valence electrons. The number of carbonyl (C=O) groups excluding carboxylic acids is 1. The first-order valence-corrected chi connectivity index (χ1v) is 10.1. The molecule has 5 rings (SSSR count). The fraction of sp³-hybridized carbons (Fsp3) is 0.0870. The van der Waals surface area contributed by atoms with Crippen LogP contribution in [0.15, 0.2) is 71.8 Å². The summed E-state index contributed by atoms with van der Waals surface area (Å²) in [4.78, 5) is 25.7. The van der Waals surface area contributed by atoms with E-state index in [0.29, 0.717) is 28.6 Å². The average molecular weight is 446 g/mol. The maximum Gasteiger partial charge on any atom is 0.278 e. The van der Waals surface area contributed by atoms with Crippen LogP contribution in [0.4, 0.5) is 0 Å². The minimum Gasteiger partial charge on any atom is -0.497 e. The highest BCUT2D eigenvalue weighted by Crippen LogP contribution is 2.29. The first-order valence-electron chi connectivity index (χ1n) is 9.68. The number of halogens is 1. The van der Waals surface area contributed by atoms with Crippen LogP contribution in [0.3, 0.4) is 0 Å². The third kappa shape index (κ3) is 3.72. The molecule has 3 aromatic heterocycles. The summed E-state index contributed by atoms with van der Waals surface area (Å²) in [5.74, 6) is 0.351. The molecule has 0 saturated heterocycles. The summed E-state index contributed by atoms with van der Waals surface area (Å²) in [5.41, 5.74) is 2.76. The number of hydrogen-bond acceptors (Lipinski definition) is 7. The molecule has 32 heavy (non-hydrogen) atoms. The van der Waals surface area contributed by atoms with Gasteiger partial charge in [0, 0.05) is 41.1 Å². The van der Waals surface area contributed by atoms with Gasteiger partial charge in [0.2, 0.25) is 11.6 Å². The summed E-state index contributed by atoms with van der Waals surface area (Å²) in [6.07, 6.45) is 6.33. The van der Waals surface area contributed by atoms with Gasteiger partial charge < -0.3 is 13.8 Å². The Balaban J connectivity index is 1.56. The van der Waals surface area contributed by atoms with Gasteiger partial charge in [-0.15, -0.1) is 0 Å². The Hall–Kier alpha value is -4.04. The molecule has 0 aliphatic heterocycles. The maximum atomic E-state index is 13.3. The summed E-state index contributed by atoms with van der Waals surface area (Å²) in [6, 6.07) is 13.2. The van der Waals surface area contributed by atoms with Crippen molar-refractivity contribution in [2.45, 2.75) is 6.54 Å². The molecule has 0 N–H and O–H groups in total. The highest BCUT2D eigenvalue weighted by molar-refractivity contribution is 6.30. The van der Waals surface area contributed by atoms with Gasteiger partial charge >= 0.3 is 0 Å². The van der Waals surface area contributed by atoms with E-state index < -0.39 is 0 Å². The quantitative estimate of drug-likeness (QED) is 0.357. The average Bonchev–Trinajstić information content (AvgIpc) is 3.46. The predicted molar refractivity (Wildman–Crippen MR) is 118 cm³/mol. The molecule has 0 unspecified atom stereocenters. The van der Waals surface area contributed by atoms with Gasteiger partial charge in [-0.2, -0.15) is 4.98 Å². The molecule has 5 aromatic rings. The zero-order valence-corrected chi connectivity index (χ0v) is 17.7. The van der Waals surface area contributed by atoms with Crippen LogP contribution in [-0.4, -0.2) is 37.6 Å². The van der Waals surface area contributed by atoms with Crippen molar-refractivity contribution >= 4 is 28.3 Å². The third-order valence-electron chi connectivity index (χ3n) is 5.01. The Morgan fingerprint density at radius 1 is 1.16 bits per heavy atom. The molecule has 0 aliphatic rings. The van der Waals surface area contributed by atoms with E-state index in [-0.39, 0.29) is 17.5 Å². The van der Waals surface area contributed by atoms with Gasteiger partial charge in [-0.25, -0.2) is 4.98 Å². The molecule has 2 aromatic carbocycles. The molecule has 0 fully saturated rings. The van der Waals surface area contributed by atoms with Crippen LogP contribution in [0.25, 0.3) is 22.5 Å². The minimum atomic E-state index is -0.364. The molecule has 0 spiro atoms. The standard InChI is InChI=1S/C23H16ClN5O3/c1-31-16-6-7-20-17(10-16)18(13-29(20)12-14-2-4-15(24)5-3-14)21(30)22-27-23(32-28-22)19-11-25-8-9-26-19/h2-11,13H,12H2,1H3. The van der Waals surface area contributed by atoms with E-state index in [2.05, 4.69) is 20.1 Å². The third-order valence-corrected chi connectivity index (χ3v) is 5.26. The Labute approximate surface area is 187 Å². The normalized spacial score (nSPS) is 11.1. The van der Waals surface area contributed by atoms with Crippen LogP contribution in [0.5, 0.6) is 5.75 Å². The second-order valence-electron chi connectivity index (χ2n) is 7.02. The Bertz CT molecular complexity index is 1410. The molecular weight excluding hydrogens is 430 g/mol. The minimum absolute atomic E-state index is 0.0565. The van der Waals surface area contributed by atoms with E-state index in [0.717, 1.165) is 16.5 Å². The van der Waals surface area contributed by atoms with Crippen LogP contribution >= 0.6 is 11.6 Å². The second kappa shape index (κ2) is 8.24. The number of aromatic nitrogens is 5. The number of nitrogens with zero attached hydrogens (tertiary/aromatic N) is 5. The van der Waals surface area contributed by atoms with E-state index in [1.807, 2.05) is 47.0 Å². The summed E-state index contributed by atoms with van der Waals surface area (Å²) in [7, 11) is 1.58. The zero-order valence-electron chi connectivity index (χ0n) is 16.9. The van der Waals surface area contributed by atoms with Gasteiger partial charge in [0.1, 0.15) is 11.4 Å². The van der Waals surface area contributed by atoms with Crippen LogP contribution in [-0.2, 0) is 6.54 Å². The Morgan fingerprint density at radius 2 is 2.00 bits per heavy atom. The SMILES string of the molecule is COc1ccc2c(c1)c(C(=O)c1noc(-c3cnccn3)n1)cn2Cc1ccc(Cl)cc1. The van der Waals surface area contributed by atoms with Gasteiger partial charge in [0.15, 0.2) is 0 Å². The number of carbonyl (C=O) groups is 1. The number of rotatable bonds is 6. The fourth-order valence-corrected chi connectivity index (χ4v) is 3.58. The summed E-state index contributed by atoms with van der Waals surface area (Å²) in [6.45, 7) is 0.560. The van der Waals surface area contributed by atoms with E-state index in [9.17, 15) is 4.79 Å². The lowest BCUT2D eigenvalue weighted by Gasteiger charge is -2.06. The molecule has 0 aliphatic carbocycles. The van der Waals surface area contributed by atoms with Gasteiger partial charge in [0.05, 0.1) is 18.9 Å². The predicted octanol–water partition coefficient (Wildman–Crippen LogP) is 4.42. The molecule has 3 heterocycles. The molecule has 8 nitrogen and oxygen atoms in total. The van der Waals surface area contributed by atoms with Crippen molar-refractivity contribution in [3.63, 3.8) is 0 Å². The molecule has 0 saturated carbocycles. The van der Waals surface area contributed by atoms with Crippen molar-refractivity contribution in [3.8, 4) is 17.3 Å². The van der Waals surface area contributed by atoms with Crippen molar-refractivity contribution in [1.82, 2.24) is 24.7 Å². The van der Waals surface area contributed by atoms with Crippen molar-refractivity contribution in [1.29, 1.82) is 0 Å². The molecule has 0 amide bonds. The molecule has 0 atom stereocenters. The number of hydrogen-bond donors (Lipinski definition) is 0. The first kappa shape index (κ1) is 19.9. The number of methoxy groups -OCH3 is 1. The van der Waals surface area contributed by atoms with Crippen molar-refractivity contribution in [3.05, 3.63) is 89.2 Å². The molecule has 0 bridgehead atoms. The Morgan fingerprint density at radius 3 is 2.75 bits per heavy atom. The second-order valence-corrected chi connectivity index (χ2v) is 7.46. The van der Waals surface area contributed by atoms with E-state index in [4.69, 9.17) is 20.9 Å². The summed E-state index contributed by atoms with van der Waals surface area (Å²) >= 11 is 6.01. The summed E-state index contributed by atoms with van der Waals surface area (Å²) in [5, 5.41) is 5.26. The smallest absolute Gasteiger partial charge is 0.278 e. The van der Waals surface area contributed by atoms with Crippen LogP contribution in [0.1, 0.15) is 21.7 Å². The topological polar surface area (TPSA) is 95.9 Å². The van der Waals surface area contributed by atoms with E-state index >= 15 is 0 Å². The molecular formula is C23H16ClN5O3. The van der Waals surface area contributed by atoms with Crippen LogP contribution in [0, 0.1) is 0 Å². The largest absolute Gasteiger partial charge is 0.497 e. The first-order chi connectivity index (χ1) is 15.6. The van der Waals surface area contributed by atoms with Crippen molar-refractivity contribution in [2.75, 3.05) is 7.11 Å². The lowest BCUT2D eigenvalue weighted by Crippen LogP contribution is -2.04. The van der Waals surface area contributed by atoms with Gasteiger partial charge in [0.25, 0.3) is 5.89 Å². The zero-order chi connectivity index (χ0) is 22.1. The lowest BCUT2D eigenvalue weighted by molar-refractivity contribution is 0.102. The lowest BCUT2D eigenvalue weighted by atomic mass is 10.1. The number of fused-ring (bicyclic) bond motifs is 1. The monoisotopic (exact) mass is 445 g/mol. The number of ketones is 1. The maximum absolute atomic E-state index is 13.3. The van der Waals surface area contributed by atoms with Gasteiger partial charge in [-0.05, 0) is 35.9 Å². The highest BCUT2D eigenvalue weighted by Gasteiger charge is 2.23. The van der Waals surface area contributed by atoms with E-state index in [1.54, 1.807) is 13.3 Å². The molecule has 0 radical (unpaired) electrons. The van der Waals surface area contributed by atoms with E-state index in [1.165, 1.54) is 18.6 Å². The van der Waals surface area contributed by atoms with Gasteiger partial charge in [-0.3, -0.25) is 9.78 Å². The number of benzene rings is 2. The van der Waals surface area contributed by atoms with Crippen molar-refractivity contribution in [2.24, 2.45) is 0 Å². The van der Waals surface area contributed by atoms with Crippen LogP contribution in [0.2, 0.25) is 5.02 Å². The van der Waals surface area contributed by atoms with Crippen LogP contribution < -0.4 is 4.74 Å². The fourth-order valence-electron chi connectivity index (χ4n) is 3.45. The number of ether oxygens (including phenoxy) is 1. The van der Waals surface area contributed by atoms with Gasteiger partial charge in [-0.1, -0.05) is 28.9 Å². The molecule has 9 heteroatoms. The highest BCUT2D eigenvalue weighted by atomic mass is 35.5. The summed E-state index contributed by atoms with van der Waals surface area (Å²) < 4.78 is 12.6. The van der Waals surface area contributed by atoms with Crippen molar-refractivity contribution < 1.29 is 14.1 Å². The Kier molecular flexibility index (Phi) is 5.12.